The predicted octanol–water partition coefficient (Wildman–Crippen LogP) is 3.85. The van der Waals surface area contributed by atoms with Crippen molar-refractivity contribution in [1.29, 1.82) is 0 Å². The van der Waals surface area contributed by atoms with Gasteiger partial charge in [0.05, 0.1) is 17.6 Å². The largest absolute Gasteiger partial charge is 0.496 e. The Morgan fingerprint density at radius 1 is 1.06 bits per heavy atom. The number of rotatable bonds is 7. The smallest absolute Gasteiger partial charge is 0.234 e. The van der Waals surface area contributed by atoms with Crippen LogP contribution >= 0.6 is 11.6 Å². The molecule has 0 unspecified atom stereocenters. The fourth-order valence-corrected chi connectivity index (χ4v) is 3.65. The molecule has 1 aliphatic heterocycles. The first-order chi connectivity index (χ1) is 15.0. The Hall–Kier alpha value is -2.68. The van der Waals surface area contributed by atoms with Crippen molar-refractivity contribution in [2.75, 3.05) is 53.5 Å². The Bertz CT molecular complexity index is 1060. The van der Waals surface area contributed by atoms with Gasteiger partial charge in [-0.2, -0.15) is 0 Å². The van der Waals surface area contributed by atoms with Crippen molar-refractivity contribution in [2.45, 2.75) is 0 Å². The Morgan fingerprint density at radius 2 is 1.87 bits per heavy atom. The highest BCUT2D eigenvalue weighted by molar-refractivity contribution is 6.32. The van der Waals surface area contributed by atoms with E-state index in [1.54, 1.807) is 13.2 Å². The lowest BCUT2D eigenvalue weighted by molar-refractivity contribution is 0.133. The molecule has 0 saturated carbocycles. The van der Waals surface area contributed by atoms with E-state index in [1.165, 1.54) is 24.5 Å². The van der Waals surface area contributed by atoms with E-state index in [4.69, 9.17) is 25.8 Å². The van der Waals surface area contributed by atoms with Crippen LogP contribution in [-0.2, 0) is 0 Å². The van der Waals surface area contributed by atoms with Crippen LogP contribution in [0.1, 0.15) is 0 Å². The van der Waals surface area contributed by atoms with E-state index in [2.05, 4.69) is 26.8 Å². The summed E-state index contributed by atoms with van der Waals surface area (Å²) < 4.78 is 30.7. The predicted molar refractivity (Wildman–Crippen MR) is 117 cm³/mol. The van der Waals surface area contributed by atoms with E-state index < -0.39 is 5.82 Å². The highest BCUT2D eigenvalue weighted by atomic mass is 35.5. The summed E-state index contributed by atoms with van der Waals surface area (Å²) in [6.45, 7) is 5.65. The van der Waals surface area contributed by atoms with Crippen molar-refractivity contribution < 1.29 is 18.6 Å². The van der Waals surface area contributed by atoms with Crippen LogP contribution in [0.25, 0.3) is 10.9 Å². The van der Waals surface area contributed by atoms with E-state index >= 15 is 0 Å². The number of hydrogen-bond donors (Lipinski definition) is 0. The van der Waals surface area contributed by atoms with E-state index in [-0.39, 0.29) is 16.7 Å². The van der Waals surface area contributed by atoms with Crippen LogP contribution in [0.15, 0.2) is 36.7 Å². The summed E-state index contributed by atoms with van der Waals surface area (Å²) in [7, 11) is 3.70. The molecular formula is C22H24ClFN4O3. The third kappa shape index (κ3) is 5.15. The molecule has 31 heavy (non-hydrogen) atoms. The van der Waals surface area contributed by atoms with E-state index in [1.807, 2.05) is 6.07 Å². The number of fused-ring (bicyclic) bond motifs is 1. The fraction of sp³-hybridized carbons (Fsp3) is 0.364. The van der Waals surface area contributed by atoms with Crippen LogP contribution in [0.5, 0.6) is 23.1 Å². The Kier molecular flexibility index (Phi) is 6.70. The molecular weight excluding hydrogens is 423 g/mol. The molecule has 0 atom stereocenters. The number of benzene rings is 2. The molecule has 2 heterocycles. The minimum absolute atomic E-state index is 0.148. The normalized spacial score (nSPS) is 15.2. The molecule has 0 N–H and O–H groups in total. The van der Waals surface area contributed by atoms with E-state index in [9.17, 15) is 4.39 Å². The molecule has 4 rings (SSSR count). The van der Waals surface area contributed by atoms with Gasteiger partial charge in [0.25, 0.3) is 0 Å². The summed E-state index contributed by atoms with van der Waals surface area (Å²) in [6, 6.07) is 7.52. The summed E-state index contributed by atoms with van der Waals surface area (Å²) in [4.78, 5) is 13.3. The molecule has 1 aromatic heterocycles. The average Bonchev–Trinajstić information content (AvgIpc) is 2.76. The van der Waals surface area contributed by atoms with Crippen molar-refractivity contribution >= 4 is 22.5 Å². The number of aromatic nitrogens is 2. The van der Waals surface area contributed by atoms with Gasteiger partial charge in [0.2, 0.25) is 5.88 Å². The Labute approximate surface area is 185 Å². The Balaban J connectivity index is 1.52. The number of piperazine rings is 1. The van der Waals surface area contributed by atoms with Gasteiger partial charge in [-0.3, -0.25) is 4.90 Å². The summed E-state index contributed by atoms with van der Waals surface area (Å²) in [5, 5.41) is 0.728. The molecule has 0 bridgehead atoms. The van der Waals surface area contributed by atoms with Gasteiger partial charge in [0.1, 0.15) is 41.4 Å². The van der Waals surface area contributed by atoms with Crippen molar-refractivity contribution in [3.05, 3.63) is 47.5 Å². The van der Waals surface area contributed by atoms with Crippen molar-refractivity contribution in [3.8, 4) is 23.1 Å². The van der Waals surface area contributed by atoms with Crippen molar-refractivity contribution in [1.82, 2.24) is 19.8 Å². The monoisotopic (exact) mass is 446 g/mol. The molecule has 1 aliphatic rings. The number of hydrogen-bond acceptors (Lipinski definition) is 7. The fourth-order valence-electron chi connectivity index (χ4n) is 3.45. The topological polar surface area (TPSA) is 60.0 Å². The maximum atomic E-state index is 13.3. The van der Waals surface area contributed by atoms with Gasteiger partial charge in [-0.05, 0) is 25.2 Å². The highest BCUT2D eigenvalue weighted by Crippen LogP contribution is 2.38. The van der Waals surface area contributed by atoms with Gasteiger partial charge in [-0.15, -0.1) is 0 Å². The van der Waals surface area contributed by atoms with Crippen LogP contribution in [-0.4, -0.2) is 73.3 Å². The van der Waals surface area contributed by atoms with Gasteiger partial charge in [0.15, 0.2) is 0 Å². The number of likely N-dealkylation sites (N-methyl/N-ethyl adjacent to an activating group) is 1. The first-order valence-corrected chi connectivity index (χ1v) is 10.4. The van der Waals surface area contributed by atoms with Crippen LogP contribution in [0.2, 0.25) is 5.02 Å². The molecule has 1 fully saturated rings. The molecule has 1 saturated heterocycles. The minimum atomic E-state index is -0.444. The first kappa shape index (κ1) is 21.5. The van der Waals surface area contributed by atoms with Gasteiger partial charge in [-0.25, -0.2) is 14.4 Å². The molecule has 164 valence electrons. The van der Waals surface area contributed by atoms with Gasteiger partial charge in [0, 0.05) is 44.9 Å². The standard InChI is InChI=1S/C22H24ClFN4O3/c1-27-5-7-28(8-6-27)9-10-30-16-12-18-21(20(13-16)29-2)22(26-14-25-18)31-19-4-3-15(24)11-17(19)23/h3-4,11-14H,5-10H2,1-2H3. The first-order valence-electron chi connectivity index (χ1n) is 10.0. The lowest BCUT2D eigenvalue weighted by atomic mass is 10.2. The molecule has 0 radical (unpaired) electrons. The zero-order chi connectivity index (χ0) is 21.8. The summed E-state index contributed by atoms with van der Waals surface area (Å²) >= 11 is 6.09. The molecule has 0 aliphatic carbocycles. The lowest BCUT2D eigenvalue weighted by Crippen LogP contribution is -2.45. The SMILES string of the molecule is COc1cc(OCCN2CCN(C)CC2)cc2ncnc(Oc3ccc(F)cc3Cl)c12. The summed E-state index contributed by atoms with van der Waals surface area (Å²) in [5.74, 6) is 1.28. The number of nitrogens with zero attached hydrogens (tertiary/aromatic N) is 4. The third-order valence-corrected chi connectivity index (χ3v) is 5.53. The highest BCUT2D eigenvalue weighted by Gasteiger charge is 2.17. The van der Waals surface area contributed by atoms with Gasteiger partial charge in [-0.1, -0.05) is 11.6 Å². The van der Waals surface area contributed by atoms with Crippen LogP contribution in [0.4, 0.5) is 4.39 Å². The maximum absolute atomic E-state index is 13.3. The average molecular weight is 447 g/mol. The summed E-state index contributed by atoms with van der Waals surface area (Å²) in [6.07, 6.45) is 1.39. The van der Waals surface area contributed by atoms with Crippen molar-refractivity contribution in [3.63, 3.8) is 0 Å². The molecule has 9 heteroatoms. The van der Waals surface area contributed by atoms with Crippen molar-refractivity contribution in [2.24, 2.45) is 0 Å². The zero-order valence-electron chi connectivity index (χ0n) is 17.5. The van der Waals surface area contributed by atoms with Crippen LogP contribution < -0.4 is 14.2 Å². The van der Waals surface area contributed by atoms with Crippen LogP contribution in [0.3, 0.4) is 0 Å². The molecule has 0 amide bonds. The lowest BCUT2D eigenvalue weighted by Gasteiger charge is -2.32. The minimum Gasteiger partial charge on any atom is -0.496 e. The second-order valence-electron chi connectivity index (χ2n) is 7.37. The molecule has 0 spiro atoms. The van der Waals surface area contributed by atoms with Gasteiger partial charge >= 0.3 is 0 Å². The van der Waals surface area contributed by atoms with E-state index in [0.29, 0.717) is 29.0 Å². The number of methoxy groups -OCH3 is 1. The van der Waals surface area contributed by atoms with Crippen LogP contribution in [0, 0.1) is 5.82 Å². The molecule has 7 nitrogen and oxygen atoms in total. The summed E-state index contributed by atoms with van der Waals surface area (Å²) in [5.41, 5.74) is 0.609. The second kappa shape index (κ2) is 9.64. The zero-order valence-corrected chi connectivity index (χ0v) is 18.2. The quantitative estimate of drug-likeness (QED) is 0.546. The maximum Gasteiger partial charge on any atom is 0.234 e. The molecule has 2 aromatic carbocycles. The number of halogens is 2. The van der Waals surface area contributed by atoms with E-state index in [0.717, 1.165) is 32.7 Å². The third-order valence-electron chi connectivity index (χ3n) is 5.23. The van der Waals surface area contributed by atoms with Gasteiger partial charge < -0.3 is 19.1 Å². The molecule has 3 aromatic rings. The Morgan fingerprint density at radius 3 is 2.61 bits per heavy atom. The number of ether oxygens (including phenoxy) is 3. The second-order valence-corrected chi connectivity index (χ2v) is 7.78.